The van der Waals surface area contributed by atoms with Crippen molar-refractivity contribution in [3.05, 3.63) is 42.5 Å². The Morgan fingerprint density at radius 1 is 1.00 bits per heavy atom. The highest BCUT2D eigenvalue weighted by atomic mass is 35.5. The molecule has 0 radical (unpaired) electrons. The third kappa shape index (κ3) is 5.20. The van der Waals surface area contributed by atoms with E-state index in [4.69, 9.17) is 5.11 Å². The molecule has 0 atom stereocenters. The van der Waals surface area contributed by atoms with Crippen LogP contribution >= 0.6 is 12.4 Å². The normalized spacial score (nSPS) is 15.7. The van der Waals surface area contributed by atoms with Gasteiger partial charge in [0.05, 0.1) is 11.4 Å². The number of benzene rings is 2. The van der Waals surface area contributed by atoms with Crippen molar-refractivity contribution in [1.29, 1.82) is 0 Å². The van der Waals surface area contributed by atoms with E-state index < -0.39 is 22.5 Å². The zero-order valence-electron chi connectivity index (χ0n) is 15.1. The monoisotopic (exact) mass is 427 g/mol. The number of carbonyl (C=O) groups excluding carboxylic acids is 1. The Morgan fingerprint density at radius 2 is 1.64 bits per heavy atom. The van der Waals surface area contributed by atoms with Gasteiger partial charge in [-0.2, -0.15) is 4.31 Å². The van der Waals surface area contributed by atoms with Gasteiger partial charge in [-0.3, -0.25) is 14.5 Å². The molecule has 1 amide bonds. The van der Waals surface area contributed by atoms with Crippen LogP contribution < -0.4 is 5.32 Å². The van der Waals surface area contributed by atoms with Crippen LogP contribution in [0.15, 0.2) is 47.4 Å². The number of hydrogen-bond donors (Lipinski definition) is 2. The Kier molecular flexibility index (Phi) is 7.36. The lowest BCUT2D eigenvalue weighted by Gasteiger charge is -2.33. The molecule has 0 saturated carbocycles. The fraction of sp³-hybridized carbons (Fsp3) is 0.333. The minimum atomic E-state index is -3.60. The van der Waals surface area contributed by atoms with E-state index in [1.165, 1.54) is 4.31 Å². The molecule has 2 aromatic rings. The van der Waals surface area contributed by atoms with Gasteiger partial charge in [0.1, 0.15) is 6.54 Å². The molecule has 0 spiro atoms. The van der Waals surface area contributed by atoms with Crippen LogP contribution in [0.5, 0.6) is 0 Å². The number of fused-ring (bicyclic) bond motifs is 1. The first kappa shape index (κ1) is 22.1. The highest BCUT2D eigenvalue weighted by Crippen LogP contribution is 2.22. The summed E-state index contributed by atoms with van der Waals surface area (Å²) in [6.45, 7) is 1.01. The Morgan fingerprint density at radius 3 is 2.29 bits per heavy atom. The molecule has 3 rings (SSSR count). The average molecular weight is 428 g/mol. The minimum absolute atomic E-state index is 0. The molecule has 1 aliphatic heterocycles. The summed E-state index contributed by atoms with van der Waals surface area (Å²) in [5, 5.41) is 12.7. The Labute approximate surface area is 169 Å². The van der Waals surface area contributed by atoms with Gasteiger partial charge in [0.25, 0.3) is 0 Å². The molecule has 0 bridgehead atoms. The van der Waals surface area contributed by atoms with Crippen molar-refractivity contribution in [3.8, 4) is 0 Å². The van der Waals surface area contributed by atoms with Gasteiger partial charge >= 0.3 is 5.97 Å². The number of amides is 1. The second-order valence-corrected chi connectivity index (χ2v) is 8.30. The van der Waals surface area contributed by atoms with Crippen LogP contribution in [0, 0.1) is 0 Å². The SMILES string of the molecule is Cl.O=C(O)CNC(=O)CN1CCN(S(=O)(=O)c2ccc3ccccc3c2)CC1. The van der Waals surface area contributed by atoms with E-state index in [1.807, 2.05) is 29.2 Å². The molecule has 152 valence electrons. The van der Waals surface area contributed by atoms with Crippen molar-refractivity contribution in [3.63, 3.8) is 0 Å². The quantitative estimate of drug-likeness (QED) is 0.705. The number of carboxylic acids is 1. The van der Waals surface area contributed by atoms with Gasteiger partial charge in [-0.15, -0.1) is 12.4 Å². The van der Waals surface area contributed by atoms with Crippen molar-refractivity contribution >= 4 is 45.1 Å². The predicted octanol–water partition coefficient (Wildman–Crippen LogP) is 0.769. The molecule has 0 aliphatic carbocycles. The second kappa shape index (κ2) is 9.33. The number of piperazine rings is 1. The summed E-state index contributed by atoms with van der Waals surface area (Å²) < 4.78 is 27.2. The smallest absolute Gasteiger partial charge is 0.322 e. The molecule has 2 aromatic carbocycles. The van der Waals surface area contributed by atoms with E-state index in [-0.39, 0.29) is 42.8 Å². The highest BCUT2D eigenvalue weighted by Gasteiger charge is 2.29. The summed E-state index contributed by atoms with van der Waals surface area (Å²) >= 11 is 0. The predicted molar refractivity (Wildman–Crippen MR) is 107 cm³/mol. The summed E-state index contributed by atoms with van der Waals surface area (Å²) in [5.41, 5.74) is 0. The number of hydrogen-bond acceptors (Lipinski definition) is 5. The van der Waals surface area contributed by atoms with Crippen LogP contribution in [0.3, 0.4) is 0 Å². The third-order valence-corrected chi connectivity index (χ3v) is 6.39. The fourth-order valence-corrected chi connectivity index (χ4v) is 4.50. The van der Waals surface area contributed by atoms with Gasteiger partial charge in [-0.25, -0.2) is 8.42 Å². The van der Waals surface area contributed by atoms with E-state index in [9.17, 15) is 18.0 Å². The first-order chi connectivity index (χ1) is 12.9. The van der Waals surface area contributed by atoms with Crippen molar-refractivity contribution in [2.24, 2.45) is 0 Å². The van der Waals surface area contributed by atoms with E-state index in [2.05, 4.69) is 5.32 Å². The second-order valence-electron chi connectivity index (χ2n) is 6.36. The van der Waals surface area contributed by atoms with Gasteiger partial charge in [0, 0.05) is 26.2 Å². The fourth-order valence-electron chi connectivity index (χ4n) is 3.04. The lowest BCUT2D eigenvalue weighted by atomic mass is 10.1. The number of halogens is 1. The number of carbonyl (C=O) groups is 2. The van der Waals surface area contributed by atoms with Crippen molar-refractivity contribution < 1.29 is 23.1 Å². The Bertz CT molecular complexity index is 959. The van der Waals surface area contributed by atoms with E-state index in [1.54, 1.807) is 18.2 Å². The maximum absolute atomic E-state index is 12.9. The number of aliphatic carboxylic acids is 1. The minimum Gasteiger partial charge on any atom is -0.480 e. The number of carboxylic acid groups (broad SMARTS) is 1. The molecule has 10 heteroatoms. The summed E-state index contributed by atoms with van der Waals surface area (Å²) in [6, 6.07) is 12.7. The van der Waals surface area contributed by atoms with Crippen molar-refractivity contribution in [2.75, 3.05) is 39.3 Å². The largest absolute Gasteiger partial charge is 0.480 e. The van der Waals surface area contributed by atoms with Gasteiger partial charge in [0.15, 0.2) is 0 Å². The van der Waals surface area contributed by atoms with Crippen LogP contribution in [-0.4, -0.2) is 73.9 Å². The summed E-state index contributed by atoms with van der Waals surface area (Å²) in [6.07, 6.45) is 0. The maximum atomic E-state index is 12.9. The molecule has 8 nitrogen and oxygen atoms in total. The van der Waals surface area contributed by atoms with Crippen molar-refractivity contribution in [1.82, 2.24) is 14.5 Å². The number of sulfonamides is 1. The summed E-state index contributed by atoms with van der Waals surface area (Å²) in [4.78, 5) is 24.2. The van der Waals surface area contributed by atoms with E-state index in [0.717, 1.165) is 10.8 Å². The van der Waals surface area contributed by atoms with Gasteiger partial charge in [0.2, 0.25) is 15.9 Å². The summed E-state index contributed by atoms with van der Waals surface area (Å²) in [7, 11) is -3.60. The zero-order valence-corrected chi connectivity index (χ0v) is 16.7. The molecule has 0 unspecified atom stereocenters. The van der Waals surface area contributed by atoms with Crippen LogP contribution in [-0.2, 0) is 19.6 Å². The number of nitrogens with zero attached hydrogens (tertiary/aromatic N) is 2. The topological polar surface area (TPSA) is 107 Å². The van der Waals surface area contributed by atoms with Crippen LogP contribution in [0.4, 0.5) is 0 Å². The van der Waals surface area contributed by atoms with E-state index >= 15 is 0 Å². The average Bonchev–Trinajstić information content (AvgIpc) is 2.66. The highest BCUT2D eigenvalue weighted by molar-refractivity contribution is 7.89. The van der Waals surface area contributed by atoms with Crippen LogP contribution in [0.1, 0.15) is 0 Å². The first-order valence-corrected chi connectivity index (χ1v) is 10.00. The molecular formula is C18H22ClN3O5S. The molecule has 0 aromatic heterocycles. The van der Waals surface area contributed by atoms with Gasteiger partial charge in [-0.05, 0) is 22.9 Å². The lowest BCUT2D eigenvalue weighted by molar-refractivity contribution is -0.138. The Balaban J connectivity index is 0.00000280. The van der Waals surface area contributed by atoms with Gasteiger partial charge in [-0.1, -0.05) is 30.3 Å². The number of nitrogens with one attached hydrogen (secondary N) is 1. The summed E-state index contributed by atoms with van der Waals surface area (Å²) in [5.74, 6) is -1.49. The molecule has 1 saturated heterocycles. The molecule has 28 heavy (non-hydrogen) atoms. The van der Waals surface area contributed by atoms with E-state index in [0.29, 0.717) is 13.1 Å². The van der Waals surface area contributed by atoms with Gasteiger partial charge < -0.3 is 10.4 Å². The molecule has 1 heterocycles. The molecule has 2 N–H and O–H groups in total. The third-order valence-electron chi connectivity index (χ3n) is 4.49. The number of rotatable bonds is 6. The molecule has 1 aliphatic rings. The zero-order chi connectivity index (χ0) is 19.4. The van der Waals surface area contributed by atoms with Crippen molar-refractivity contribution in [2.45, 2.75) is 4.90 Å². The first-order valence-electron chi connectivity index (χ1n) is 8.56. The lowest BCUT2D eigenvalue weighted by Crippen LogP contribution is -2.51. The Hall–Kier alpha value is -2.20. The standard InChI is InChI=1S/C18H21N3O5S.ClH/c22-17(19-12-18(23)24)13-20-7-9-21(10-8-20)27(25,26)16-6-5-14-3-1-2-4-15(14)11-16;/h1-6,11H,7-10,12-13H2,(H,19,22)(H,23,24);1H. The molecule has 1 fully saturated rings. The van der Waals surface area contributed by atoms with Crippen LogP contribution in [0.25, 0.3) is 10.8 Å². The van der Waals surface area contributed by atoms with Crippen LogP contribution in [0.2, 0.25) is 0 Å². The molecular weight excluding hydrogens is 406 g/mol. The maximum Gasteiger partial charge on any atom is 0.322 e.